The normalized spacial score (nSPS) is 10.9. The fraction of sp³-hybridized carbons (Fsp3) is 0.214. The lowest BCUT2D eigenvalue weighted by Gasteiger charge is -2.19. The first kappa shape index (κ1) is 14.2. The van der Waals surface area contributed by atoms with Crippen LogP contribution in [0.4, 0.5) is 5.82 Å². The third kappa shape index (κ3) is 3.42. The number of hydrogen-bond acceptors (Lipinski definition) is 5. The number of thiazole rings is 1. The van der Waals surface area contributed by atoms with E-state index in [9.17, 15) is 4.79 Å². The molecule has 6 heteroatoms. The lowest BCUT2D eigenvalue weighted by Crippen LogP contribution is -2.18. The van der Waals surface area contributed by atoms with Crippen LogP contribution < -0.4 is 4.90 Å². The molecule has 0 aromatic carbocycles. The van der Waals surface area contributed by atoms with Crippen molar-refractivity contribution in [3.63, 3.8) is 0 Å². The Balaban J connectivity index is 2.23. The zero-order valence-corrected chi connectivity index (χ0v) is 12.1. The summed E-state index contributed by atoms with van der Waals surface area (Å²) in [4.78, 5) is 22.3. The third-order valence-electron chi connectivity index (χ3n) is 2.81. The van der Waals surface area contributed by atoms with Crippen LogP contribution in [0, 0.1) is 6.92 Å². The van der Waals surface area contributed by atoms with Crippen molar-refractivity contribution < 1.29 is 9.90 Å². The number of nitrogens with zero attached hydrogens (tertiary/aromatic N) is 3. The molecule has 0 atom stereocenters. The number of anilines is 1. The van der Waals surface area contributed by atoms with Gasteiger partial charge in [0, 0.05) is 29.8 Å². The van der Waals surface area contributed by atoms with Gasteiger partial charge in [-0.25, -0.2) is 14.8 Å². The minimum Gasteiger partial charge on any atom is -0.478 e. The van der Waals surface area contributed by atoms with Crippen LogP contribution in [0.3, 0.4) is 0 Å². The second-order valence-corrected chi connectivity index (χ2v) is 5.24. The van der Waals surface area contributed by atoms with Gasteiger partial charge in [0.25, 0.3) is 0 Å². The Labute approximate surface area is 121 Å². The molecule has 0 saturated heterocycles. The van der Waals surface area contributed by atoms with Crippen LogP contribution in [-0.4, -0.2) is 28.1 Å². The summed E-state index contributed by atoms with van der Waals surface area (Å²) in [7, 11) is 1.93. The maximum atomic E-state index is 10.6. The quantitative estimate of drug-likeness (QED) is 0.857. The van der Waals surface area contributed by atoms with Crippen LogP contribution in [0.25, 0.3) is 6.08 Å². The molecule has 0 aliphatic heterocycles. The standard InChI is InChI=1S/C14H15N3O2S/c1-10-12(20-9-16-10)8-17(2)14-11(4-3-7-15-14)5-6-13(18)19/h3-7,9H,8H2,1-2H3,(H,18,19)/b6-5+. The van der Waals surface area contributed by atoms with Crippen molar-refractivity contribution in [3.05, 3.63) is 46.1 Å². The van der Waals surface area contributed by atoms with Crippen molar-refractivity contribution in [1.82, 2.24) is 9.97 Å². The monoisotopic (exact) mass is 289 g/mol. The minimum absolute atomic E-state index is 0.696. The average Bonchev–Trinajstić information content (AvgIpc) is 2.82. The lowest BCUT2D eigenvalue weighted by atomic mass is 10.2. The topological polar surface area (TPSA) is 66.3 Å². The predicted molar refractivity (Wildman–Crippen MR) is 79.9 cm³/mol. The van der Waals surface area contributed by atoms with E-state index in [4.69, 9.17) is 5.11 Å². The van der Waals surface area contributed by atoms with Gasteiger partial charge in [0.05, 0.1) is 17.7 Å². The van der Waals surface area contributed by atoms with Gasteiger partial charge in [0.15, 0.2) is 0 Å². The molecular weight excluding hydrogens is 274 g/mol. The van der Waals surface area contributed by atoms with Crippen molar-refractivity contribution in [2.75, 3.05) is 11.9 Å². The summed E-state index contributed by atoms with van der Waals surface area (Å²) >= 11 is 1.60. The molecule has 5 nitrogen and oxygen atoms in total. The Kier molecular flexibility index (Phi) is 4.47. The van der Waals surface area contributed by atoms with Gasteiger partial charge >= 0.3 is 5.97 Å². The summed E-state index contributed by atoms with van der Waals surface area (Å²) < 4.78 is 0. The molecule has 2 aromatic heterocycles. The van der Waals surface area contributed by atoms with Gasteiger partial charge < -0.3 is 10.0 Å². The molecule has 2 heterocycles. The van der Waals surface area contributed by atoms with Crippen molar-refractivity contribution in [2.24, 2.45) is 0 Å². The molecule has 104 valence electrons. The number of carbonyl (C=O) groups is 1. The van der Waals surface area contributed by atoms with Gasteiger partial charge in [-0.15, -0.1) is 11.3 Å². The van der Waals surface area contributed by atoms with Gasteiger partial charge in [-0.1, -0.05) is 0 Å². The van der Waals surface area contributed by atoms with Crippen LogP contribution in [0.15, 0.2) is 29.9 Å². The lowest BCUT2D eigenvalue weighted by molar-refractivity contribution is -0.131. The van der Waals surface area contributed by atoms with Crippen molar-refractivity contribution in [1.29, 1.82) is 0 Å². The molecule has 0 radical (unpaired) electrons. The number of carboxylic acid groups (broad SMARTS) is 1. The van der Waals surface area contributed by atoms with Crippen LogP contribution in [0.5, 0.6) is 0 Å². The SMILES string of the molecule is Cc1ncsc1CN(C)c1ncccc1/C=C/C(=O)O. The second-order valence-electron chi connectivity index (χ2n) is 4.30. The molecule has 0 bridgehead atoms. The molecule has 2 rings (SSSR count). The summed E-state index contributed by atoms with van der Waals surface area (Å²) in [5.74, 6) is -0.224. The van der Waals surface area contributed by atoms with Gasteiger partial charge in [-0.2, -0.15) is 0 Å². The zero-order chi connectivity index (χ0) is 14.5. The smallest absolute Gasteiger partial charge is 0.328 e. The maximum absolute atomic E-state index is 10.6. The number of aliphatic carboxylic acids is 1. The van der Waals surface area contributed by atoms with E-state index in [1.165, 1.54) is 4.88 Å². The molecule has 0 unspecified atom stereocenters. The highest BCUT2D eigenvalue weighted by molar-refractivity contribution is 7.09. The van der Waals surface area contributed by atoms with E-state index in [1.807, 2.05) is 30.4 Å². The molecule has 1 N–H and O–H groups in total. The first-order chi connectivity index (χ1) is 9.58. The van der Waals surface area contributed by atoms with Gasteiger partial charge in [-0.3, -0.25) is 0 Å². The Morgan fingerprint density at radius 1 is 1.50 bits per heavy atom. The molecule has 0 aliphatic carbocycles. The van der Waals surface area contributed by atoms with E-state index in [0.29, 0.717) is 6.54 Å². The molecule has 0 amide bonds. The Bertz CT molecular complexity index is 637. The Morgan fingerprint density at radius 3 is 2.95 bits per heavy atom. The second kappa shape index (κ2) is 6.29. The van der Waals surface area contributed by atoms with Crippen LogP contribution in [0.2, 0.25) is 0 Å². The highest BCUT2D eigenvalue weighted by atomic mass is 32.1. The predicted octanol–water partition coefficient (Wildman–Crippen LogP) is 2.58. The van der Waals surface area contributed by atoms with E-state index in [2.05, 4.69) is 9.97 Å². The number of carboxylic acids is 1. The van der Waals surface area contributed by atoms with Gasteiger partial charge in [0.1, 0.15) is 5.82 Å². The van der Waals surface area contributed by atoms with Crippen molar-refractivity contribution in [2.45, 2.75) is 13.5 Å². The molecule has 0 spiro atoms. The summed E-state index contributed by atoms with van der Waals surface area (Å²) in [6.07, 6.45) is 4.37. The number of hydrogen-bond donors (Lipinski definition) is 1. The van der Waals surface area contributed by atoms with Crippen LogP contribution in [0.1, 0.15) is 16.1 Å². The van der Waals surface area contributed by atoms with Crippen LogP contribution >= 0.6 is 11.3 Å². The molecule has 20 heavy (non-hydrogen) atoms. The zero-order valence-electron chi connectivity index (χ0n) is 11.3. The fourth-order valence-electron chi connectivity index (χ4n) is 1.79. The fourth-order valence-corrected chi connectivity index (χ4v) is 2.62. The summed E-state index contributed by atoms with van der Waals surface area (Å²) in [6.45, 7) is 2.67. The number of aromatic nitrogens is 2. The largest absolute Gasteiger partial charge is 0.478 e. The van der Waals surface area contributed by atoms with E-state index in [0.717, 1.165) is 23.2 Å². The van der Waals surface area contributed by atoms with E-state index in [1.54, 1.807) is 29.7 Å². The van der Waals surface area contributed by atoms with Gasteiger partial charge in [0.2, 0.25) is 0 Å². The van der Waals surface area contributed by atoms with E-state index < -0.39 is 5.97 Å². The Hall–Kier alpha value is -2.21. The number of pyridine rings is 1. The van der Waals surface area contributed by atoms with Crippen LogP contribution in [-0.2, 0) is 11.3 Å². The molecule has 0 fully saturated rings. The highest BCUT2D eigenvalue weighted by Crippen LogP contribution is 2.22. The van der Waals surface area contributed by atoms with Crippen molar-refractivity contribution >= 4 is 29.2 Å². The average molecular weight is 289 g/mol. The highest BCUT2D eigenvalue weighted by Gasteiger charge is 2.10. The first-order valence-electron chi connectivity index (χ1n) is 6.04. The van der Waals surface area contributed by atoms with Crippen molar-refractivity contribution in [3.8, 4) is 0 Å². The summed E-state index contributed by atoms with van der Waals surface area (Å²) in [6, 6.07) is 3.63. The summed E-state index contributed by atoms with van der Waals surface area (Å²) in [5.41, 5.74) is 3.61. The molecular formula is C14H15N3O2S. The van der Waals surface area contributed by atoms with E-state index >= 15 is 0 Å². The third-order valence-corrected chi connectivity index (χ3v) is 3.73. The molecule has 2 aromatic rings. The first-order valence-corrected chi connectivity index (χ1v) is 6.92. The summed E-state index contributed by atoms with van der Waals surface area (Å²) in [5, 5.41) is 8.72. The maximum Gasteiger partial charge on any atom is 0.328 e. The molecule has 0 aliphatic rings. The molecule has 0 saturated carbocycles. The number of rotatable bonds is 5. The number of aryl methyl sites for hydroxylation is 1. The Morgan fingerprint density at radius 2 is 2.30 bits per heavy atom. The van der Waals surface area contributed by atoms with Gasteiger partial charge in [-0.05, 0) is 25.1 Å². The minimum atomic E-state index is -0.972. The van der Waals surface area contributed by atoms with E-state index in [-0.39, 0.29) is 0 Å².